The van der Waals surface area contributed by atoms with Gasteiger partial charge in [0.2, 0.25) is 0 Å². The average Bonchev–Trinajstić information content (AvgIpc) is 3.91. The van der Waals surface area contributed by atoms with Crippen LogP contribution in [0.2, 0.25) is 0 Å². The summed E-state index contributed by atoms with van der Waals surface area (Å²) in [6.07, 6.45) is 0. The van der Waals surface area contributed by atoms with Gasteiger partial charge in [0.05, 0.1) is 16.4 Å². The minimum Gasteiger partial charge on any atom is -0.310 e. The van der Waals surface area contributed by atoms with E-state index in [4.69, 9.17) is 0 Å². The van der Waals surface area contributed by atoms with Gasteiger partial charge >= 0.3 is 0 Å². The molecule has 2 aliphatic carbocycles. The van der Waals surface area contributed by atoms with Gasteiger partial charge in [0.25, 0.3) is 0 Å². The third kappa shape index (κ3) is 6.01. The third-order valence-electron chi connectivity index (χ3n) is 12.4. The number of hydrogen-bond acceptors (Lipinski definition) is 1. The van der Waals surface area contributed by atoms with E-state index in [1.807, 2.05) is 0 Å². The summed E-state index contributed by atoms with van der Waals surface area (Å²) in [4.78, 5) is 2.41. The molecular formula is C60H48N2. The molecule has 12 rings (SSSR count). The maximum Gasteiger partial charge on any atom is 0.0726 e. The molecule has 0 unspecified atom stereocenters. The molecule has 9 aromatic carbocycles. The van der Waals surface area contributed by atoms with E-state index in [9.17, 15) is 0 Å². The molecule has 1 aromatic heterocycles. The Balaban J connectivity index is 0.000000820. The Kier molecular flexibility index (Phi) is 8.87. The van der Waals surface area contributed by atoms with Crippen LogP contribution in [0.3, 0.4) is 0 Å². The first kappa shape index (κ1) is 37.6. The zero-order chi connectivity index (χ0) is 42.0. The van der Waals surface area contributed by atoms with Crippen LogP contribution in [0.5, 0.6) is 0 Å². The van der Waals surface area contributed by atoms with E-state index in [1.165, 1.54) is 83.1 Å². The highest BCUT2D eigenvalue weighted by molar-refractivity contribution is 6.10. The molecule has 0 amide bonds. The Morgan fingerprint density at radius 2 is 0.806 bits per heavy atom. The smallest absolute Gasteiger partial charge is 0.0726 e. The van der Waals surface area contributed by atoms with Crippen LogP contribution in [-0.4, -0.2) is 4.57 Å². The van der Waals surface area contributed by atoms with Crippen molar-refractivity contribution in [3.8, 4) is 39.1 Å². The zero-order valence-electron chi connectivity index (χ0n) is 35.7. The normalized spacial score (nSPS) is 13.0. The van der Waals surface area contributed by atoms with Crippen LogP contribution in [0.15, 0.2) is 218 Å². The van der Waals surface area contributed by atoms with Crippen molar-refractivity contribution in [1.82, 2.24) is 4.57 Å². The van der Waals surface area contributed by atoms with Crippen LogP contribution in [-0.2, 0) is 5.41 Å². The van der Waals surface area contributed by atoms with Gasteiger partial charge in [0.1, 0.15) is 0 Å². The lowest BCUT2D eigenvalue weighted by Crippen LogP contribution is -2.26. The third-order valence-corrected chi connectivity index (χ3v) is 12.4. The standard InChI is InChI=1S/C55H36N2.C5H12/c1-3-15-39(16-4-1)56(41-30-27-37(28-31-41)38-29-34-54-48(35-38)47-22-10-14-26-53(47)57(54)40-17-5-2-6-18-40)42-32-33-46-45-21-9-13-25-51(45)55(52(46)36-42)49-23-11-7-19-43(49)44-20-8-12-24-50(44)55;1-5(2,3)4/h1-36H;1-4H3. The van der Waals surface area contributed by atoms with Crippen LogP contribution in [0.1, 0.15) is 49.9 Å². The second kappa shape index (κ2) is 14.6. The molecule has 0 saturated carbocycles. The van der Waals surface area contributed by atoms with Crippen LogP contribution in [0.4, 0.5) is 17.1 Å². The van der Waals surface area contributed by atoms with Crippen LogP contribution in [0, 0.1) is 5.41 Å². The second-order valence-electron chi connectivity index (χ2n) is 18.3. The van der Waals surface area contributed by atoms with Gasteiger partial charge < -0.3 is 9.47 Å². The summed E-state index contributed by atoms with van der Waals surface area (Å²) >= 11 is 0. The van der Waals surface area contributed by atoms with Gasteiger partial charge in [-0.2, -0.15) is 0 Å². The SMILES string of the molecule is CC(C)(C)C.c1ccc(N(c2ccc(-c3ccc4c(c3)c3ccccc3n4-c3ccccc3)cc2)c2ccc3c(c2)C2(c4ccccc4-c4ccccc42)c2ccccc2-3)cc1. The minimum absolute atomic E-state index is 0.399. The lowest BCUT2D eigenvalue weighted by molar-refractivity contribution is 0.469. The van der Waals surface area contributed by atoms with E-state index in [0.29, 0.717) is 5.41 Å². The quantitative estimate of drug-likeness (QED) is 0.168. The molecule has 2 heteroatoms. The van der Waals surface area contributed by atoms with Gasteiger partial charge in [-0.25, -0.2) is 0 Å². The first-order valence-electron chi connectivity index (χ1n) is 21.8. The van der Waals surface area contributed by atoms with Crippen LogP contribution < -0.4 is 4.90 Å². The fourth-order valence-corrected chi connectivity index (χ4v) is 10.1. The number of nitrogens with zero attached hydrogens (tertiary/aromatic N) is 2. The predicted molar refractivity (Wildman–Crippen MR) is 262 cm³/mol. The van der Waals surface area contributed by atoms with Gasteiger partial charge in [-0.1, -0.05) is 179 Å². The number of aromatic nitrogens is 1. The molecule has 0 saturated heterocycles. The molecule has 0 atom stereocenters. The summed E-state index contributed by atoms with van der Waals surface area (Å²) < 4.78 is 2.37. The summed E-state index contributed by atoms with van der Waals surface area (Å²) in [6, 6.07) is 80.4. The number of benzene rings is 9. The monoisotopic (exact) mass is 796 g/mol. The molecule has 2 aliphatic rings. The predicted octanol–water partition coefficient (Wildman–Crippen LogP) is 16.3. The van der Waals surface area contributed by atoms with E-state index in [1.54, 1.807) is 0 Å². The van der Waals surface area contributed by atoms with Crippen molar-refractivity contribution < 1.29 is 0 Å². The lowest BCUT2D eigenvalue weighted by Gasteiger charge is -2.32. The van der Waals surface area contributed by atoms with Gasteiger partial charge in [-0.05, 0) is 128 Å². The molecule has 1 heterocycles. The summed E-state index contributed by atoms with van der Waals surface area (Å²) in [5.41, 5.74) is 20.1. The highest BCUT2D eigenvalue weighted by Crippen LogP contribution is 2.63. The molecule has 0 N–H and O–H groups in total. The van der Waals surface area contributed by atoms with Gasteiger partial charge in [0.15, 0.2) is 0 Å². The molecule has 2 nitrogen and oxygen atoms in total. The summed E-state index contributed by atoms with van der Waals surface area (Å²) in [5.74, 6) is 0. The first-order chi connectivity index (χ1) is 30.3. The van der Waals surface area contributed by atoms with Gasteiger partial charge in [0, 0.05) is 33.5 Å². The summed E-state index contributed by atoms with van der Waals surface area (Å²) in [6.45, 7) is 8.75. The van der Waals surface area contributed by atoms with E-state index in [2.05, 4.69) is 256 Å². The molecule has 0 fully saturated rings. The summed E-state index contributed by atoms with van der Waals surface area (Å²) in [5, 5.41) is 2.51. The first-order valence-corrected chi connectivity index (χ1v) is 21.8. The van der Waals surface area contributed by atoms with Crippen molar-refractivity contribution in [2.45, 2.75) is 33.1 Å². The molecule has 0 radical (unpaired) electrons. The largest absolute Gasteiger partial charge is 0.310 e. The maximum absolute atomic E-state index is 2.46. The molecule has 0 bridgehead atoms. The maximum atomic E-state index is 2.46. The number of anilines is 3. The van der Waals surface area contributed by atoms with Crippen molar-refractivity contribution in [3.05, 3.63) is 241 Å². The van der Waals surface area contributed by atoms with E-state index in [0.717, 1.165) is 17.1 Å². The van der Waals surface area contributed by atoms with E-state index in [-0.39, 0.29) is 0 Å². The Bertz CT molecular complexity index is 3210. The van der Waals surface area contributed by atoms with Crippen molar-refractivity contribution in [2.24, 2.45) is 5.41 Å². The van der Waals surface area contributed by atoms with Crippen molar-refractivity contribution in [3.63, 3.8) is 0 Å². The van der Waals surface area contributed by atoms with Crippen molar-refractivity contribution in [2.75, 3.05) is 4.90 Å². The number of hydrogen-bond donors (Lipinski definition) is 0. The van der Waals surface area contributed by atoms with Crippen LogP contribution >= 0.6 is 0 Å². The Morgan fingerprint density at radius 1 is 0.355 bits per heavy atom. The van der Waals surface area contributed by atoms with Crippen molar-refractivity contribution >= 4 is 38.9 Å². The molecule has 62 heavy (non-hydrogen) atoms. The Morgan fingerprint density at radius 3 is 1.42 bits per heavy atom. The Labute approximate surface area is 365 Å². The highest BCUT2D eigenvalue weighted by atomic mass is 15.1. The zero-order valence-corrected chi connectivity index (χ0v) is 35.7. The van der Waals surface area contributed by atoms with E-state index >= 15 is 0 Å². The fraction of sp³-hybridized carbons (Fsp3) is 0.100. The molecule has 1 spiro atoms. The summed E-state index contributed by atoms with van der Waals surface area (Å²) in [7, 11) is 0. The van der Waals surface area contributed by atoms with E-state index < -0.39 is 5.41 Å². The highest BCUT2D eigenvalue weighted by Gasteiger charge is 2.51. The number of fused-ring (bicyclic) bond motifs is 13. The minimum atomic E-state index is -0.399. The van der Waals surface area contributed by atoms with Gasteiger partial charge in [-0.3, -0.25) is 0 Å². The molecule has 298 valence electrons. The Hall–Kier alpha value is -7.42. The topological polar surface area (TPSA) is 8.17 Å². The number of rotatable bonds is 5. The van der Waals surface area contributed by atoms with Crippen LogP contribution in [0.25, 0.3) is 60.9 Å². The second-order valence-corrected chi connectivity index (χ2v) is 18.3. The number of para-hydroxylation sites is 3. The van der Waals surface area contributed by atoms with Gasteiger partial charge in [-0.15, -0.1) is 0 Å². The average molecular weight is 797 g/mol. The molecule has 0 aliphatic heterocycles. The fourth-order valence-electron chi connectivity index (χ4n) is 10.1. The molecule has 10 aromatic rings. The molecular weight excluding hydrogens is 749 g/mol. The van der Waals surface area contributed by atoms with Crippen molar-refractivity contribution in [1.29, 1.82) is 0 Å². The lowest BCUT2D eigenvalue weighted by atomic mass is 9.70.